The highest BCUT2D eigenvalue weighted by Gasteiger charge is 2.05. The van der Waals surface area contributed by atoms with Crippen LogP contribution in [0.2, 0.25) is 0 Å². The highest BCUT2D eigenvalue weighted by molar-refractivity contribution is 5.93. The van der Waals surface area contributed by atoms with Crippen molar-refractivity contribution in [3.8, 4) is 5.75 Å². The Morgan fingerprint density at radius 1 is 1.22 bits per heavy atom. The molecule has 5 nitrogen and oxygen atoms in total. The number of methoxy groups -OCH3 is 1. The van der Waals surface area contributed by atoms with Crippen molar-refractivity contribution in [3.05, 3.63) is 53.7 Å². The summed E-state index contributed by atoms with van der Waals surface area (Å²) < 4.78 is 5.21. The van der Waals surface area contributed by atoms with Crippen LogP contribution in [0.15, 0.2) is 42.6 Å². The number of nitrogens with one attached hydrogen (secondary N) is 2. The predicted molar refractivity (Wildman–Crippen MR) is 92.0 cm³/mol. The first-order valence-electron chi connectivity index (χ1n) is 7.84. The average molecular weight is 313 g/mol. The SMILES string of the molecule is CCCNC(=O)c1ccc(NCCc2cccc(OC)c2)nc1. The van der Waals surface area contributed by atoms with Crippen LogP contribution < -0.4 is 15.4 Å². The maximum atomic E-state index is 11.8. The number of hydrogen-bond donors (Lipinski definition) is 2. The van der Waals surface area contributed by atoms with E-state index in [4.69, 9.17) is 4.74 Å². The van der Waals surface area contributed by atoms with E-state index in [0.29, 0.717) is 12.1 Å². The van der Waals surface area contributed by atoms with Crippen LogP contribution in [0.3, 0.4) is 0 Å². The molecule has 23 heavy (non-hydrogen) atoms. The van der Waals surface area contributed by atoms with Crippen molar-refractivity contribution in [2.45, 2.75) is 19.8 Å². The van der Waals surface area contributed by atoms with Crippen LogP contribution in [0.25, 0.3) is 0 Å². The second kappa shape index (κ2) is 8.78. The number of ether oxygens (including phenoxy) is 1. The molecule has 0 radical (unpaired) electrons. The van der Waals surface area contributed by atoms with E-state index in [1.165, 1.54) is 5.56 Å². The van der Waals surface area contributed by atoms with Crippen molar-refractivity contribution in [1.82, 2.24) is 10.3 Å². The van der Waals surface area contributed by atoms with Gasteiger partial charge in [-0.2, -0.15) is 0 Å². The number of carbonyl (C=O) groups excluding carboxylic acids is 1. The number of rotatable bonds is 8. The van der Waals surface area contributed by atoms with Gasteiger partial charge in [0.1, 0.15) is 11.6 Å². The van der Waals surface area contributed by atoms with Crippen molar-refractivity contribution in [2.75, 3.05) is 25.5 Å². The van der Waals surface area contributed by atoms with Crippen LogP contribution in [-0.4, -0.2) is 31.1 Å². The summed E-state index contributed by atoms with van der Waals surface area (Å²) in [6, 6.07) is 11.6. The number of pyridine rings is 1. The van der Waals surface area contributed by atoms with Crippen molar-refractivity contribution in [1.29, 1.82) is 0 Å². The van der Waals surface area contributed by atoms with E-state index in [9.17, 15) is 4.79 Å². The van der Waals surface area contributed by atoms with E-state index < -0.39 is 0 Å². The Balaban J connectivity index is 1.83. The Hall–Kier alpha value is -2.56. The quantitative estimate of drug-likeness (QED) is 0.786. The zero-order valence-electron chi connectivity index (χ0n) is 13.6. The molecule has 0 saturated carbocycles. The molecule has 1 aromatic heterocycles. The lowest BCUT2D eigenvalue weighted by atomic mass is 10.1. The molecule has 1 aromatic carbocycles. The van der Waals surface area contributed by atoms with E-state index in [1.807, 2.05) is 31.2 Å². The number of carbonyl (C=O) groups is 1. The Labute approximate surface area is 137 Å². The first-order chi connectivity index (χ1) is 11.2. The lowest BCUT2D eigenvalue weighted by Crippen LogP contribution is -2.24. The Morgan fingerprint density at radius 2 is 2.09 bits per heavy atom. The van der Waals surface area contributed by atoms with E-state index >= 15 is 0 Å². The molecule has 122 valence electrons. The maximum absolute atomic E-state index is 11.8. The Kier molecular flexibility index (Phi) is 6.41. The van der Waals surface area contributed by atoms with Crippen LogP contribution in [0.4, 0.5) is 5.82 Å². The molecule has 0 fully saturated rings. The number of aromatic nitrogens is 1. The molecule has 2 aromatic rings. The van der Waals surface area contributed by atoms with Gasteiger partial charge in [-0.05, 0) is 42.7 Å². The molecular weight excluding hydrogens is 290 g/mol. The topological polar surface area (TPSA) is 63.2 Å². The first kappa shape index (κ1) is 16.8. The summed E-state index contributed by atoms with van der Waals surface area (Å²) in [4.78, 5) is 16.1. The van der Waals surface area contributed by atoms with Gasteiger partial charge in [-0.15, -0.1) is 0 Å². The van der Waals surface area contributed by atoms with E-state index in [0.717, 1.165) is 31.0 Å². The molecule has 0 saturated heterocycles. The normalized spacial score (nSPS) is 10.2. The van der Waals surface area contributed by atoms with Gasteiger partial charge in [0.2, 0.25) is 0 Å². The second-order valence-corrected chi connectivity index (χ2v) is 5.22. The van der Waals surface area contributed by atoms with Gasteiger partial charge in [0.25, 0.3) is 5.91 Å². The monoisotopic (exact) mass is 313 g/mol. The zero-order chi connectivity index (χ0) is 16.5. The number of benzene rings is 1. The van der Waals surface area contributed by atoms with Gasteiger partial charge in [-0.1, -0.05) is 19.1 Å². The molecular formula is C18H23N3O2. The Bertz CT molecular complexity index is 626. The number of amides is 1. The summed E-state index contributed by atoms with van der Waals surface area (Å²) in [5.41, 5.74) is 1.78. The molecule has 0 atom stereocenters. The molecule has 0 aliphatic heterocycles. The first-order valence-corrected chi connectivity index (χ1v) is 7.84. The second-order valence-electron chi connectivity index (χ2n) is 5.22. The van der Waals surface area contributed by atoms with E-state index in [2.05, 4.69) is 21.7 Å². The van der Waals surface area contributed by atoms with Gasteiger partial charge in [0.15, 0.2) is 0 Å². The third-order valence-corrected chi connectivity index (χ3v) is 3.42. The van der Waals surface area contributed by atoms with Crippen LogP contribution in [0.1, 0.15) is 29.3 Å². The molecule has 0 bridgehead atoms. The number of anilines is 1. The zero-order valence-corrected chi connectivity index (χ0v) is 13.6. The molecule has 5 heteroatoms. The van der Waals surface area contributed by atoms with E-state index in [1.54, 1.807) is 19.4 Å². The average Bonchev–Trinajstić information content (AvgIpc) is 2.60. The largest absolute Gasteiger partial charge is 0.497 e. The lowest BCUT2D eigenvalue weighted by molar-refractivity contribution is 0.0953. The maximum Gasteiger partial charge on any atom is 0.252 e. The minimum Gasteiger partial charge on any atom is -0.497 e. The summed E-state index contributed by atoms with van der Waals surface area (Å²) in [5.74, 6) is 1.55. The van der Waals surface area contributed by atoms with Gasteiger partial charge < -0.3 is 15.4 Å². The van der Waals surface area contributed by atoms with E-state index in [-0.39, 0.29) is 5.91 Å². The minimum atomic E-state index is -0.0812. The molecule has 0 spiro atoms. The van der Waals surface area contributed by atoms with Crippen LogP contribution in [0.5, 0.6) is 5.75 Å². The number of nitrogens with zero attached hydrogens (tertiary/aromatic N) is 1. The van der Waals surface area contributed by atoms with Crippen molar-refractivity contribution >= 4 is 11.7 Å². The molecule has 1 heterocycles. The molecule has 1 amide bonds. The fourth-order valence-electron chi connectivity index (χ4n) is 2.14. The molecule has 0 unspecified atom stereocenters. The van der Waals surface area contributed by atoms with Gasteiger partial charge in [0, 0.05) is 19.3 Å². The third kappa shape index (κ3) is 5.29. The summed E-state index contributed by atoms with van der Waals surface area (Å²) in [6.07, 6.45) is 3.39. The van der Waals surface area contributed by atoms with Crippen molar-refractivity contribution < 1.29 is 9.53 Å². The summed E-state index contributed by atoms with van der Waals surface area (Å²) in [5, 5.41) is 6.09. The fourth-order valence-corrected chi connectivity index (χ4v) is 2.14. The lowest BCUT2D eigenvalue weighted by Gasteiger charge is -2.08. The summed E-state index contributed by atoms with van der Waals surface area (Å²) in [6.45, 7) is 3.47. The van der Waals surface area contributed by atoms with Gasteiger partial charge in [-0.25, -0.2) is 4.98 Å². The number of hydrogen-bond acceptors (Lipinski definition) is 4. The van der Waals surface area contributed by atoms with Crippen LogP contribution >= 0.6 is 0 Å². The van der Waals surface area contributed by atoms with Crippen LogP contribution in [-0.2, 0) is 6.42 Å². The van der Waals surface area contributed by atoms with Crippen molar-refractivity contribution in [3.63, 3.8) is 0 Å². The fraction of sp³-hybridized carbons (Fsp3) is 0.333. The predicted octanol–water partition coefficient (Wildman–Crippen LogP) is 2.88. The summed E-state index contributed by atoms with van der Waals surface area (Å²) >= 11 is 0. The third-order valence-electron chi connectivity index (χ3n) is 3.42. The molecule has 0 aliphatic rings. The minimum absolute atomic E-state index is 0.0812. The van der Waals surface area contributed by atoms with Gasteiger partial charge in [0.05, 0.1) is 12.7 Å². The van der Waals surface area contributed by atoms with Gasteiger partial charge in [-0.3, -0.25) is 4.79 Å². The highest BCUT2D eigenvalue weighted by atomic mass is 16.5. The Morgan fingerprint density at radius 3 is 2.78 bits per heavy atom. The standard InChI is InChI=1S/C18H23N3O2/c1-3-10-20-18(22)15-7-8-17(21-13-15)19-11-9-14-5-4-6-16(12-14)23-2/h4-8,12-13H,3,9-11H2,1-2H3,(H,19,21)(H,20,22). The molecule has 0 aliphatic carbocycles. The smallest absolute Gasteiger partial charge is 0.252 e. The molecule has 2 rings (SSSR count). The van der Waals surface area contributed by atoms with Gasteiger partial charge >= 0.3 is 0 Å². The van der Waals surface area contributed by atoms with Crippen molar-refractivity contribution in [2.24, 2.45) is 0 Å². The summed E-state index contributed by atoms with van der Waals surface area (Å²) in [7, 11) is 1.67. The van der Waals surface area contributed by atoms with Crippen LogP contribution in [0, 0.1) is 0 Å². The highest BCUT2D eigenvalue weighted by Crippen LogP contribution is 2.13. The molecule has 2 N–H and O–H groups in total.